The average Bonchev–Trinajstić information content (AvgIpc) is 3.43. The number of aromatic nitrogens is 8. The molecule has 1 N–H and O–H groups in total. The third kappa shape index (κ3) is 4.91. The Bertz CT molecular complexity index is 1470. The summed E-state index contributed by atoms with van der Waals surface area (Å²) in [5.41, 5.74) is 5.53. The number of carbonyl (C=O) groups excluding carboxylic acids is 1. The quantitative estimate of drug-likeness (QED) is 0.382. The molecule has 0 aliphatic heterocycles. The number of imidazole rings is 1. The number of rotatable bonds is 6. The fourth-order valence-corrected chi connectivity index (χ4v) is 5.23. The van der Waals surface area contributed by atoms with E-state index in [1.807, 2.05) is 6.92 Å². The topological polar surface area (TPSA) is 116 Å². The van der Waals surface area contributed by atoms with Crippen LogP contribution in [0.1, 0.15) is 87.9 Å². The Morgan fingerprint density at radius 2 is 1.89 bits per heavy atom. The molecule has 1 aliphatic rings. The molecule has 200 valence electrons. The summed E-state index contributed by atoms with van der Waals surface area (Å²) in [6, 6.07) is 0.145. The van der Waals surface area contributed by atoms with Crippen molar-refractivity contribution >= 4 is 22.9 Å². The number of carbonyl (C=O) groups is 1. The lowest BCUT2D eigenvalue weighted by Gasteiger charge is -2.25. The summed E-state index contributed by atoms with van der Waals surface area (Å²) < 4.78 is 3.75. The van der Waals surface area contributed by atoms with E-state index in [4.69, 9.17) is 10.1 Å². The van der Waals surface area contributed by atoms with Crippen LogP contribution in [0.25, 0.3) is 22.6 Å². The van der Waals surface area contributed by atoms with Gasteiger partial charge in [0.2, 0.25) is 5.91 Å². The van der Waals surface area contributed by atoms with Crippen molar-refractivity contribution in [2.75, 3.05) is 5.32 Å². The molecule has 1 aliphatic carbocycles. The Balaban J connectivity index is 1.46. The van der Waals surface area contributed by atoms with E-state index in [9.17, 15) is 4.79 Å². The third-order valence-corrected chi connectivity index (χ3v) is 6.99. The molecule has 4 aromatic heterocycles. The van der Waals surface area contributed by atoms with Crippen LogP contribution in [0.4, 0.5) is 5.82 Å². The second kappa shape index (κ2) is 9.89. The normalized spacial score (nSPS) is 15.7. The van der Waals surface area contributed by atoms with Gasteiger partial charge in [0.15, 0.2) is 17.0 Å². The number of nitrogens with zero attached hydrogens (tertiary/aromatic N) is 8. The van der Waals surface area contributed by atoms with Crippen molar-refractivity contribution in [1.82, 2.24) is 39.3 Å². The van der Waals surface area contributed by atoms with E-state index in [0.29, 0.717) is 18.8 Å². The van der Waals surface area contributed by atoms with Gasteiger partial charge in [-0.05, 0) is 50.0 Å². The van der Waals surface area contributed by atoms with E-state index < -0.39 is 0 Å². The van der Waals surface area contributed by atoms with Crippen LogP contribution in [0, 0.1) is 12.3 Å². The van der Waals surface area contributed by atoms with Gasteiger partial charge in [0, 0.05) is 31.4 Å². The second-order valence-electron chi connectivity index (χ2n) is 11.7. The first-order chi connectivity index (χ1) is 18.1. The highest BCUT2D eigenvalue weighted by Gasteiger charge is 2.31. The Kier molecular flexibility index (Phi) is 6.75. The lowest BCUT2D eigenvalue weighted by Crippen LogP contribution is -2.30. The van der Waals surface area contributed by atoms with Gasteiger partial charge in [0.1, 0.15) is 18.0 Å². The molecule has 0 radical (unpaired) electrons. The van der Waals surface area contributed by atoms with Gasteiger partial charge in [0.05, 0.1) is 17.0 Å². The molecular formula is C28H37N9O. The lowest BCUT2D eigenvalue weighted by atomic mass is 9.88. The van der Waals surface area contributed by atoms with E-state index in [0.717, 1.165) is 59.0 Å². The van der Waals surface area contributed by atoms with Crippen LogP contribution >= 0.6 is 0 Å². The van der Waals surface area contributed by atoms with Crippen molar-refractivity contribution in [2.24, 2.45) is 5.41 Å². The van der Waals surface area contributed by atoms with Gasteiger partial charge in [0.25, 0.3) is 0 Å². The zero-order valence-electron chi connectivity index (χ0n) is 23.4. The molecule has 1 unspecified atom stereocenters. The number of anilines is 1. The Labute approximate surface area is 223 Å². The minimum atomic E-state index is -0.0868. The SMILES string of the molecule is CCn1c(-c2cnc(C)nc2)nc2c(NC3CCc4c(c(C(C)C)nn4C(=O)CC(C)(C)C)C3)ncnc21. The van der Waals surface area contributed by atoms with E-state index in [1.165, 1.54) is 5.56 Å². The molecule has 38 heavy (non-hydrogen) atoms. The smallest absolute Gasteiger partial charge is 0.247 e. The van der Waals surface area contributed by atoms with Crippen molar-refractivity contribution in [2.45, 2.75) is 92.7 Å². The van der Waals surface area contributed by atoms with Crippen LogP contribution in [-0.2, 0) is 19.4 Å². The molecule has 5 rings (SSSR count). The number of aryl methyl sites for hydroxylation is 2. The number of hydrogen-bond donors (Lipinski definition) is 1. The Hall–Kier alpha value is -3.69. The van der Waals surface area contributed by atoms with Crippen molar-refractivity contribution in [3.63, 3.8) is 0 Å². The molecule has 1 atom stereocenters. The maximum atomic E-state index is 13.1. The summed E-state index contributed by atoms with van der Waals surface area (Å²) in [6.45, 7) is 15.2. The predicted octanol–water partition coefficient (Wildman–Crippen LogP) is 4.98. The molecule has 0 spiro atoms. The largest absolute Gasteiger partial charge is 0.365 e. The minimum absolute atomic E-state index is 0.0716. The van der Waals surface area contributed by atoms with Crippen LogP contribution in [-0.4, -0.2) is 51.2 Å². The zero-order chi connectivity index (χ0) is 27.2. The standard InChI is InChI=1S/C28H37N9O/c1-8-36-26(18-13-29-17(4)30-14-18)34-24-25(31-15-32-27(24)36)33-19-9-10-21-20(11-19)23(16(2)3)35-37(21)22(38)12-28(5,6)7/h13-16,19H,8-12H2,1-7H3,(H,31,32,33). The van der Waals surface area contributed by atoms with Crippen LogP contribution in [0.2, 0.25) is 0 Å². The first-order valence-electron chi connectivity index (χ1n) is 13.5. The van der Waals surface area contributed by atoms with Crippen molar-refractivity contribution in [3.05, 3.63) is 41.5 Å². The van der Waals surface area contributed by atoms with Gasteiger partial charge in [-0.1, -0.05) is 34.6 Å². The highest BCUT2D eigenvalue weighted by molar-refractivity contribution is 5.86. The van der Waals surface area contributed by atoms with Gasteiger partial charge in [-0.3, -0.25) is 4.79 Å². The summed E-state index contributed by atoms with van der Waals surface area (Å²) in [4.78, 5) is 35.9. The number of hydrogen-bond acceptors (Lipinski definition) is 8. The molecule has 0 aromatic carbocycles. The highest BCUT2D eigenvalue weighted by Crippen LogP contribution is 2.33. The molecule has 0 fully saturated rings. The van der Waals surface area contributed by atoms with Crippen molar-refractivity contribution in [3.8, 4) is 11.4 Å². The predicted molar refractivity (Wildman–Crippen MR) is 147 cm³/mol. The zero-order valence-corrected chi connectivity index (χ0v) is 23.4. The summed E-state index contributed by atoms with van der Waals surface area (Å²) in [7, 11) is 0. The molecule has 4 aromatic rings. The summed E-state index contributed by atoms with van der Waals surface area (Å²) in [6.07, 6.45) is 8.09. The maximum absolute atomic E-state index is 13.1. The maximum Gasteiger partial charge on any atom is 0.247 e. The van der Waals surface area contributed by atoms with Gasteiger partial charge in [-0.15, -0.1) is 0 Å². The third-order valence-electron chi connectivity index (χ3n) is 6.99. The molecule has 10 heteroatoms. The van der Waals surface area contributed by atoms with Gasteiger partial charge >= 0.3 is 0 Å². The lowest BCUT2D eigenvalue weighted by molar-refractivity contribution is 0.0835. The molecular weight excluding hydrogens is 478 g/mol. The molecule has 4 heterocycles. The molecule has 0 saturated heterocycles. The minimum Gasteiger partial charge on any atom is -0.365 e. The summed E-state index contributed by atoms with van der Waals surface area (Å²) in [5, 5.41) is 8.47. The fraction of sp³-hybridized carbons (Fsp3) is 0.536. The Morgan fingerprint density at radius 1 is 1.16 bits per heavy atom. The van der Waals surface area contributed by atoms with Crippen molar-refractivity contribution < 1.29 is 4.79 Å². The van der Waals surface area contributed by atoms with Gasteiger partial charge in [-0.2, -0.15) is 5.10 Å². The molecule has 0 bridgehead atoms. The first kappa shape index (κ1) is 25.9. The van der Waals surface area contributed by atoms with Crippen LogP contribution < -0.4 is 5.32 Å². The monoisotopic (exact) mass is 515 g/mol. The highest BCUT2D eigenvalue weighted by atomic mass is 16.2. The molecule has 10 nitrogen and oxygen atoms in total. The first-order valence-corrected chi connectivity index (χ1v) is 13.5. The Morgan fingerprint density at radius 3 is 2.55 bits per heavy atom. The van der Waals surface area contributed by atoms with E-state index in [-0.39, 0.29) is 23.3 Å². The fourth-order valence-electron chi connectivity index (χ4n) is 5.23. The number of nitrogens with one attached hydrogen (secondary N) is 1. The number of fused-ring (bicyclic) bond motifs is 2. The van der Waals surface area contributed by atoms with Crippen LogP contribution in [0.15, 0.2) is 18.7 Å². The van der Waals surface area contributed by atoms with Crippen LogP contribution in [0.3, 0.4) is 0 Å². The van der Waals surface area contributed by atoms with E-state index in [1.54, 1.807) is 23.4 Å². The van der Waals surface area contributed by atoms with E-state index in [2.05, 4.69) is 71.4 Å². The molecule has 0 saturated carbocycles. The average molecular weight is 516 g/mol. The van der Waals surface area contributed by atoms with E-state index >= 15 is 0 Å². The summed E-state index contributed by atoms with van der Waals surface area (Å²) >= 11 is 0. The summed E-state index contributed by atoms with van der Waals surface area (Å²) in [5.74, 6) is 2.51. The van der Waals surface area contributed by atoms with Crippen LogP contribution in [0.5, 0.6) is 0 Å². The van der Waals surface area contributed by atoms with Gasteiger partial charge < -0.3 is 9.88 Å². The van der Waals surface area contributed by atoms with Crippen molar-refractivity contribution in [1.29, 1.82) is 0 Å². The molecule has 0 amide bonds. The van der Waals surface area contributed by atoms with Gasteiger partial charge in [-0.25, -0.2) is 29.6 Å². The second-order valence-corrected chi connectivity index (χ2v) is 11.7.